The summed E-state index contributed by atoms with van der Waals surface area (Å²) < 4.78 is 44.3. The summed E-state index contributed by atoms with van der Waals surface area (Å²) in [5, 5.41) is 4.92. The number of anilines is 1. The molecule has 0 unspecified atom stereocenters. The standard InChI is InChI=1S/C21H26F3N3O2/c1-7-20(4,5)26-19(29)21(23,24)17-13(3)15(11-27(17)6)18(28)25-14-8-9-16(22)12(2)10-14/h8-11H,7H2,1-6H3,(H,25,28)(H,26,29). The highest BCUT2D eigenvalue weighted by atomic mass is 19.3. The topological polar surface area (TPSA) is 63.1 Å². The number of aryl methyl sites for hydroxylation is 2. The van der Waals surface area contributed by atoms with Crippen molar-refractivity contribution in [3.63, 3.8) is 0 Å². The van der Waals surface area contributed by atoms with Crippen molar-refractivity contribution in [1.29, 1.82) is 0 Å². The Morgan fingerprint density at radius 3 is 2.34 bits per heavy atom. The molecule has 158 valence electrons. The highest BCUT2D eigenvalue weighted by molar-refractivity contribution is 6.05. The number of hydrogen-bond donors (Lipinski definition) is 2. The lowest BCUT2D eigenvalue weighted by atomic mass is 10.0. The monoisotopic (exact) mass is 409 g/mol. The number of hydrogen-bond acceptors (Lipinski definition) is 2. The summed E-state index contributed by atoms with van der Waals surface area (Å²) >= 11 is 0. The van der Waals surface area contributed by atoms with E-state index >= 15 is 0 Å². The Bertz CT molecular complexity index is 949. The maximum Gasteiger partial charge on any atom is 0.364 e. The van der Waals surface area contributed by atoms with Crippen LogP contribution in [0.15, 0.2) is 24.4 Å². The number of nitrogens with zero attached hydrogens (tertiary/aromatic N) is 1. The van der Waals surface area contributed by atoms with Crippen molar-refractivity contribution in [2.45, 2.75) is 52.5 Å². The van der Waals surface area contributed by atoms with Gasteiger partial charge in [-0.15, -0.1) is 0 Å². The van der Waals surface area contributed by atoms with Gasteiger partial charge in [0.05, 0.1) is 5.56 Å². The van der Waals surface area contributed by atoms with Gasteiger partial charge in [0.25, 0.3) is 11.8 Å². The number of amides is 2. The molecule has 0 spiro atoms. The Labute approximate surface area is 168 Å². The average Bonchev–Trinajstić information content (AvgIpc) is 2.92. The smallest absolute Gasteiger partial charge is 0.348 e. The Morgan fingerprint density at radius 1 is 1.17 bits per heavy atom. The van der Waals surface area contributed by atoms with Crippen molar-refractivity contribution in [2.24, 2.45) is 7.05 Å². The lowest BCUT2D eigenvalue weighted by Crippen LogP contribution is -2.49. The number of nitrogens with one attached hydrogen (secondary N) is 2. The molecule has 2 amide bonds. The summed E-state index contributed by atoms with van der Waals surface area (Å²) in [4.78, 5) is 24.9. The highest BCUT2D eigenvalue weighted by Crippen LogP contribution is 2.34. The Kier molecular flexibility index (Phi) is 6.15. The van der Waals surface area contributed by atoms with Crippen LogP contribution in [-0.4, -0.2) is 21.9 Å². The third-order valence-corrected chi connectivity index (χ3v) is 5.01. The molecule has 0 saturated carbocycles. The Morgan fingerprint density at radius 2 is 1.79 bits per heavy atom. The minimum absolute atomic E-state index is 0.00158. The first-order valence-corrected chi connectivity index (χ1v) is 9.24. The first-order valence-electron chi connectivity index (χ1n) is 9.24. The predicted molar refractivity (Wildman–Crippen MR) is 106 cm³/mol. The zero-order chi connectivity index (χ0) is 22.1. The van der Waals surface area contributed by atoms with Crippen molar-refractivity contribution in [3.8, 4) is 0 Å². The summed E-state index contributed by atoms with van der Waals surface area (Å²) in [5.41, 5.74) is -0.657. The highest BCUT2D eigenvalue weighted by Gasteiger charge is 2.46. The van der Waals surface area contributed by atoms with Crippen LogP contribution in [0.3, 0.4) is 0 Å². The third-order valence-electron chi connectivity index (χ3n) is 5.01. The van der Waals surface area contributed by atoms with E-state index in [0.29, 0.717) is 17.7 Å². The van der Waals surface area contributed by atoms with Gasteiger partial charge in [-0.2, -0.15) is 8.78 Å². The van der Waals surface area contributed by atoms with Crippen LogP contribution in [0.25, 0.3) is 0 Å². The molecular formula is C21H26F3N3O2. The molecule has 0 radical (unpaired) electrons. The fourth-order valence-electron chi connectivity index (χ4n) is 2.94. The molecule has 2 aromatic rings. The zero-order valence-corrected chi connectivity index (χ0v) is 17.4. The van der Waals surface area contributed by atoms with Crippen LogP contribution in [0.4, 0.5) is 18.9 Å². The van der Waals surface area contributed by atoms with Crippen LogP contribution in [0.5, 0.6) is 0 Å². The van der Waals surface area contributed by atoms with E-state index in [1.165, 1.54) is 38.4 Å². The first kappa shape index (κ1) is 22.5. The van der Waals surface area contributed by atoms with Gasteiger partial charge < -0.3 is 15.2 Å². The summed E-state index contributed by atoms with van der Waals surface area (Å²) in [5.74, 6) is -6.28. The van der Waals surface area contributed by atoms with Crippen molar-refractivity contribution < 1.29 is 22.8 Å². The molecule has 0 fully saturated rings. The van der Waals surface area contributed by atoms with E-state index in [0.717, 1.165) is 4.57 Å². The molecule has 2 N–H and O–H groups in total. The molecule has 8 heteroatoms. The number of carbonyl (C=O) groups excluding carboxylic acids is 2. The molecule has 0 aliphatic carbocycles. The van der Waals surface area contributed by atoms with Gasteiger partial charge >= 0.3 is 5.92 Å². The number of aromatic nitrogens is 1. The summed E-state index contributed by atoms with van der Waals surface area (Å²) in [6.07, 6.45) is 1.73. The summed E-state index contributed by atoms with van der Waals surface area (Å²) in [6.45, 7) is 8.01. The fraction of sp³-hybridized carbons (Fsp3) is 0.429. The van der Waals surface area contributed by atoms with E-state index in [1.54, 1.807) is 27.7 Å². The molecule has 0 aliphatic heterocycles. The molecular weight excluding hydrogens is 383 g/mol. The predicted octanol–water partition coefficient (Wildman–Crippen LogP) is 4.43. The molecule has 0 atom stereocenters. The van der Waals surface area contributed by atoms with E-state index in [4.69, 9.17) is 0 Å². The lowest BCUT2D eigenvalue weighted by Gasteiger charge is -2.28. The molecule has 1 aromatic heterocycles. The van der Waals surface area contributed by atoms with Crippen LogP contribution < -0.4 is 10.6 Å². The van der Waals surface area contributed by atoms with Crippen LogP contribution in [0, 0.1) is 19.7 Å². The second-order valence-electron chi connectivity index (χ2n) is 7.81. The zero-order valence-electron chi connectivity index (χ0n) is 17.4. The molecule has 0 aliphatic rings. The number of alkyl halides is 2. The van der Waals surface area contributed by atoms with Crippen molar-refractivity contribution in [2.75, 3.05) is 5.32 Å². The number of halogens is 3. The van der Waals surface area contributed by atoms with E-state index in [-0.39, 0.29) is 11.1 Å². The summed E-state index contributed by atoms with van der Waals surface area (Å²) in [7, 11) is 1.35. The molecule has 0 bridgehead atoms. The van der Waals surface area contributed by atoms with Gasteiger partial charge in [0.2, 0.25) is 0 Å². The largest absolute Gasteiger partial charge is 0.364 e. The second-order valence-corrected chi connectivity index (χ2v) is 7.81. The van der Waals surface area contributed by atoms with Crippen LogP contribution in [-0.2, 0) is 17.8 Å². The Hall–Kier alpha value is -2.77. The van der Waals surface area contributed by atoms with Gasteiger partial charge in [0, 0.05) is 24.5 Å². The van der Waals surface area contributed by atoms with Crippen LogP contribution >= 0.6 is 0 Å². The van der Waals surface area contributed by atoms with E-state index in [9.17, 15) is 22.8 Å². The van der Waals surface area contributed by atoms with Gasteiger partial charge in [0.15, 0.2) is 0 Å². The van der Waals surface area contributed by atoms with E-state index in [2.05, 4.69) is 10.6 Å². The minimum atomic E-state index is -3.82. The van der Waals surface area contributed by atoms with Gasteiger partial charge in [-0.3, -0.25) is 9.59 Å². The van der Waals surface area contributed by atoms with Crippen LogP contribution in [0.1, 0.15) is 54.4 Å². The van der Waals surface area contributed by atoms with Crippen molar-refractivity contribution in [3.05, 3.63) is 52.6 Å². The fourth-order valence-corrected chi connectivity index (χ4v) is 2.94. The van der Waals surface area contributed by atoms with Crippen LogP contribution in [0.2, 0.25) is 0 Å². The molecule has 5 nitrogen and oxygen atoms in total. The number of benzene rings is 1. The van der Waals surface area contributed by atoms with Crippen molar-refractivity contribution >= 4 is 17.5 Å². The average molecular weight is 409 g/mol. The minimum Gasteiger partial charge on any atom is -0.348 e. The van der Waals surface area contributed by atoms with Gasteiger partial charge in [0.1, 0.15) is 11.5 Å². The SMILES string of the molecule is CCC(C)(C)NC(=O)C(F)(F)c1c(C)c(C(=O)Nc2ccc(F)c(C)c2)cn1C. The van der Waals surface area contributed by atoms with E-state index in [1.807, 2.05) is 0 Å². The second kappa shape index (κ2) is 7.93. The normalized spacial score (nSPS) is 12.0. The van der Waals surface area contributed by atoms with Gasteiger partial charge in [-0.25, -0.2) is 4.39 Å². The maximum absolute atomic E-state index is 14.9. The molecule has 2 rings (SSSR count). The molecule has 0 saturated heterocycles. The third kappa shape index (κ3) is 4.63. The quantitative estimate of drug-likeness (QED) is 0.741. The molecule has 1 heterocycles. The Balaban J connectivity index is 2.34. The van der Waals surface area contributed by atoms with E-state index < -0.39 is 34.8 Å². The number of carbonyl (C=O) groups is 2. The van der Waals surface area contributed by atoms with Gasteiger partial charge in [-0.1, -0.05) is 6.92 Å². The first-order chi connectivity index (χ1) is 13.3. The molecule has 1 aromatic carbocycles. The molecule has 29 heavy (non-hydrogen) atoms. The number of rotatable bonds is 6. The lowest BCUT2D eigenvalue weighted by molar-refractivity contribution is -0.149. The maximum atomic E-state index is 14.9. The van der Waals surface area contributed by atoms with Gasteiger partial charge in [-0.05, 0) is 63.4 Å². The van der Waals surface area contributed by atoms with Crippen molar-refractivity contribution in [1.82, 2.24) is 9.88 Å². The summed E-state index contributed by atoms with van der Waals surface area (Å²) in [6, 6.07) is 4.04.